The number of anilines is 1. The van der Waals surface area contributed by atoms with Crippen LogP contribution in [0.15, 0.2) is 28.9 Å². The lowest BCUT2D eigenvalue weighted by molar-refractivity contribution is 0.863. The van der Waals surface area contributed by atoms with E-state index in [0.717, 1.165) is 22.2 Å². The molecule has 0 amide bonds. The van der Waals surface area contributed by atoms with E-state index in [0.29, 0.717) is 0 Å². The highest BCUT2D eigenvalue weighted by Crippen LogP contribution is 2.28. The highest BCUT2D eigenvalue weighted by Gasteiger charge is 2.13. The van der Waals surface area contributed by atoms with Gasteiger partial charge in [-0.3, -0.25) is 4.98 Å². The predicted molar refractivity (Wildman–Crippen MR) is 59.9 cm³/mol. The fourth-order valence-corrected chi connectivity index (χ4v) is 2.11. The van der Waals surface area contributed by atoms with Gasteiger partial charge in [0.25, 0.3) is 0 Å². The summed E-state index contributed by atoms with van der Waals surface area (Å²) in [4.78, 5) is 4.37. The summed E-state index contributed by atoms with van der Waals surface area (Å²) in [6.07, 6.45) is 1.87. The highest BCUT2D eigenvalue weighted by atomic mass is 79.9. The van der Waals surface area contributed by atoms with Crippen molar-refractivity contribution in [1.29, 1.82) is 0 Å². The van der Waals surface area contributed by atoms with Gasteiger partial charge in [-0.1, -0.05) is 15.9 Å². The number of halogens is 1. The molecule has 0 bridgehead atoms. The average molecular weight is 250 g/mol. The van der Waals surface area contributed by atoms with Crippen LogP contribution in [-0.2, 0) is 6.54 Å². The number of hydrogen-bond acceptors (Lipinski definition) is 3. The van der Waals surface area contributed by atoms with Gasteiger partial charge in [0.15, 0.2) is 0 Å². The lowest BCUT2D eigenvalue weighted by Gasteiger charge is -2.03. The van der Waals surface area contributed by atoms with Gasteiger partial charge in [-0.2, -0.15) is 0 Å². The normalized spacial score (nSPS) is 14.1. The zero-order valence-corrected chi connectivity index (χ0v) is 8.93. The monoisotopic (exact) mass is 249 g/mol. The number of pyridine rings is 1. The maximum absolute atomic E-state index is 4.37. The van der Waals surface area contributed by atoms with E-state index in [1.807, 2.05) is 18.3 Å². The van der Waals surface area contributed by atoms with Gasteiger partial charge in [0.2, 0.25) is 0 Å². The summed E-state index contributed by atoms with van der Waals surface area (Å²) in [5, 5.41) is 1.20. The first-order valence-electron chi connectivity index (χ1n) is 4.40. The second-order valence-corrected chi connectivity index (χ2v) is 4.21. The van der Waals surface area contributed by atoms with Crippen molar-refractivity contribution in [3.63, 3.8) is 0 Å². The average Bonchev–Trinajstić information content (AvgIpc) is 2.65. The van der Waals surface area contributed by atoms with Crippen LogP contribution in [0.4, 0.5) is 5.69 Å². The largest absolute Gasteiger partial charge is 0.319 e. The topological polar surface area (TPSA) is 37.0 Å². The van der Waals surface area contributed by atoms with Crippen molar-refractivity contribution in [2.24, 2.45) is 0 Å². The molecule has 0 atom stereocenters. The van der Waals surface area contributed by atoms with Crippen LogP contribution < -0.4 is 10.9 Å². The molecule has 3 nitrogen and oxygen atoms in total. The molecule has 1 aliphatic heterocycles. The van der Waals surface area contributed by atoms with E-state index in [9.17, 15) is 0 Å². The van der Waals surface area contributed by atoms with Crippen LogP contribution in [-0.4, -0.2) is 4.98 Å². The minimum absolute atomic E-state index is 0.852. The SMILES string of the molecule is Brc1ccc2ncc3c(c2c1)CNN3. The van der Waals surface area contributed by atoms with Crippen molar-refractivity contribution >= 4 is 32.5 Å². The third kappa shape index (κ3) is 1.11. The zero-order valence-electron chi connectivity index (χ0n) is 7.34. The van der Waals surface area contributed by atoms with E-state index in [2.05, 4.69) is 37.8 Å². The molecule has 2 heterocycles. The van der Waals surface area contributed by atoms with E-state index in [1.54, 1.807) is 0 Å². The maximum Gasteiger partial charge on any atom is 0.0723 e. The standard InChI is InChI=1S/C10H8BrN3/c11-6-1-2-9-7(3-6)8-4-13-14-10(8)5-12-9/h1-3,5,13-14H,4H2. The Morgan fingerprint density at radius 1 is 1.36 bits per heavy atom. The lowest BCUT2D eigenvalue weighted by Crippen LogP contribution is -2.10. The molecule has 2 aromatic rings. The van der Waals surface area contributed by atoms with Gasteiger partial charge in [0.1, 0.15) is 0 Å². The minimum Gasteiger partial charge on any atom is -0.319 e. The Morgan fingerprint density at radius 2 is 2.29 bits per heavy atom. The van der Waals surface area contributed by atoms with Crippen LogP contribution in [0.3, 0.4) is 0 Å². The summed E-state index contributed by atoms with van der Waals surface area (Å²) in [6, 6.07) is 6.14. The second kappa shape index (κ2) is 2.93. The smallest absolute Gasteiger partial charge is 0.0723 e. The number of nitrogens with one attached hydrogen (secondary N) is 2. The Morgan fingerprint density at radius 3 is 3.21 bits per heavy atom. The Labute approximate surface area is 89.6 Å². The van der Waals surface area contributed by atoms with Gasteiger partial charge in [-0.15, -0.1) is 0 Å². The number of nitrogens with zero attached hydrogens (tertiary/aromatic N) is 1. The van der Waals surface area contributed by atoms with Crippen molar-refractivity contribution in [2.45, 2.75) is 6.54 Å². The van der Waals surface area contributed by atoms with Crippen molar-refractivity contribution in [3.8, 4) is 0 Å². The van der Waals surface area contributed by atoms with E-state index in [1.165, 1.54) is 10.9 Å². The summed E-state index contributed by atoms with van der Waals surface area (Å²) in [5.74, 6) is 0. The molecular formula is C10H8BrN3. The van der Waals surface area contributed by atoms with Gasteiger partial charge in [0, 0.05) is 22.0 Å². The summed E-state index contributed by atoms with van der Waals surface area (Å²) in [7, 11) is 0. The molecule has 70 valence electrons. The van der Waals surface area contributed by atoms with E-state index in [4.69, 9.17) is 0 Å². The van der Waals surface area contributed by atoms with Crippen molar-refractivity contribution < 1.29 is 0 Å². The van der Waals surface area contributed by atoms with E-state index < -0.39 is 0 Å². The van der Waals surface area contributed by atoms with Crippen molar-refractivity contribution in [2.75, 3.05) is 5.43 Å². The van der Waals surface area contributed by atoms with Crippen LogP contribution in [0.25, 0.3) is 10.9 Å². The Bertz CT molecular complexity index is 510. The number of rotatable bonds is 0. The quantitative estimate of drug-likeness (QED) is 0.753. The Balaban J connectivity index is 2.41. The molecule has 0 unspecified atom stereocenters. The van der Waals surface area contributed by atoms with Crippen molar-refractivity contribution in [1.82, 2.24) is 10.4 Å². The highest BCUT2D eigenvalue weighted by molar-refractivity contribution is 9.10. The zero-order chi connectivity index (χ0) is 9.54. The molecule has 0 spiro atoms. The lowest BCUT2D eigenvalue weighted by atomic mass is 10.1. The first-order chi connectivity index (χ1) is 6.84. The number of hydrogen-bond donors (Lipinski definition) is 2. The molecule has 0 saturated heterocycles. The molecule has 1 aromatic heterocycles. The molecule has 14 heavy (non-hydrogen) atoms. The van der Waals surface area contributed by atoms with Gasteiger partial charge < -0.3 is 5.43 Å². The first-order valence-corrected chi connectivity index (χ1v) is 5.20. The molecule has 2 N–H and O–H groups in total. The van der Waals surface area contributed by atoms with Crippen molar-refractivity contribution in [3.05, 3.63) is 34.4 Å². The third-order valence-corrected chi connectivity index (χ3v) is 2.92. The maximum atomic E-state index is 4.37. The number of hydrazine groups is 1. The molecule has 0 aliphatic carbocycles. The van der Waals surface area contributed by atoms with Crippen LogP contribution >= 0.6 is 15.9 Å². The molecule has 1 aromatic carbocycles. The molecule has 4 heteroatoms. The number of benzene rings is 1. The molecule has 1 aliphatic rings. The summed E-state index contributed by atoms with van der Waals surface area (Å²) < 4.78 is 1.09. The summed E-state index contributed by atoms with van der Waals surface area (Å²) in [5.41, 5.74) is 9.58. The molecule has 3 rings (SSSR count). The summed E-state index contributed by atoms with van der Waals surface area (Å²) in [6.45, 7) is 0.852. The summed E-state index contributed by atoms with van der Waals surface area (Å²) >= 11 is 3.47. The fraction of sp³-hybridized carbons (Fsp3) is 0.100. The minimum atomic E-state index is 0.852. The Hall–Kier alpha value is -1.13. The molecule has 0 radical (unpaired) electrons. The van der Waals surface area contributed by atoms with E-state index in [-0.39, 0.29) is 0 Å². The van der Waals surface area contributed by atoms with Crippen LogP contribution in [0.5, 0.6) is 0 Å². The van der Waals surface area contributed by atoms with Crippen LogP contribution in [0.1, 0.15) is 5.56 Å². The van der Waals surface area contributed by atoms with Crippen LogP contribution in [0, 0.1) is 0 Å². The van der Waals surface area contributed by atoms with Gasteiger partial charge in [0.05, 0.1) is 17.4 Å². The van der Waals surface area contributed by atoms with Gasteiger partial charge in [-0.25, -0.2) is 5.43 Å². The first kappa shape index (κ1) is 8.20. The second-order valence-electron chi connectivity index (χ2n) is 3.29. The fourth-order valence-electron chi connectivity index (χ4n) is 1.75. The molecule has 0 saturated carbocycles. The molecule has 0 fully saturated rings. The van der Waals surface area contributed by atoms with Crippen LogP contribution in [0.2, 0.25) is 0 Å². The van der Waals surface area contributed by atoms with Gasteiger partial charge >= 0.3 is 0 Å². The number of aromatic nitrogens is 1. The third-order valence-electron chi connectivity index (χ3n) is 2.43. The molecular weight excluding hydrogens is 242 g/mol. The number of fused-ring (bicyclic) bond motifs is 3. The van der Waals surface area contributed by atoms with Gasteiger partial charge in [-0.05, 0) is 18.2 Å². The van der Waals surface area contributed by atoms with E-state index >= 15 is 0 Å². The Kier molecular flexibility index (Phi) is 1.72. The predicted octanol–water partition coefficient (Wildman–Crippen LogP) is 2.43.